The summed E-state index contributed by atoms with van der Waals surface area (Å²) in [5, 5.41) is 23.2. The van der Waals surface area contributed by atoms with Gasteiger partial charge in [0.1, 0.15) is 0 Å². The van der Waals surface area contributed by atoms with Gasteiger partial charge in [0.05, 0.1) is 24.5 Å². The Morgan fingerprint density at radius 2 is 2.25 bits per heavy atom. The third kappa shape index (κ3) is 3.46. The SMILES string of the molecule is Cc1cccc(Cn2cc(NC(=O)c3cc([N+](=O)[O-])[nH]n3)cn2)c1. The number of amides is 1. The molecule has 0 radical (unpaired) electrons. The summed E-state index contributed by atoms with van der Waals surface area (Å²) < 4.78 is 1.69. The molecule has 0 aliphatic carbocycles. The van der Waals surface area contributed by atoms with Gasteiger partial charge in [-0.1, -0.05) is 34.9 Å². The van der Waals surface area contributed by atoms with Crippen molar-refractivity contribution in [2.75, 3.05) is 5.32 Å². The van der Waals surface area contributed by atoms with Crippen LogP contribution in [-0.2, 0) is 6.54 Å². The lowest BCUT2D eigenvalue weighted by Gasteiger charge is -2.02. The number of aromatic nitrogens is 4. The number of benzene rings is 1. The number of carbonyl (C=O) groups is 1. The summed E-state index contributed by atoms with van der Waals surface area (Å²) >= 11 is 0. The van der Waals surface area contributed by atoms with Crippen LogP contribution in [0.25, 0.3) is 0 Å². The molecule has 2 heterocycles. The van der Waals surface area contributed by atoms with E-state index in [-0.39, 0.29) is 11.5 Å². The van der Waals surface area contributed by atoms with E-state index < -0.39 is 10.8 Å². The molecule has 2 N–H and O–H groups in total. The van der Waals surface area contributed by atoms with Gasteiger partial charge in [-0.15, -0.1) is 5.10 Å². The number of nitro groups is 1. The molecule has 3 rings (SSSR count). The van der Waals surface area contributed by atoms with Crippen molar-refractivity contribution in [1.82, 2.24) is 20.0 Å². The fourth-order valence-corrected chi connectivity index (χ4v) is 2.23. The Hall–Kier alpha value is -3.49. The Kier molecular flexibility index (Phi) is 4.06. The van der Waals surface area contributed by atoms with Crippen molar-refractivity contribution in [3.63, 3.8) is 0 Å². The van der Waals surface area contributed by atoms with E-state index in [9.17, 15) is 14.9 Å². The molecule has 0 fully saturated rings. The van der Waals surface area contributed by atoms with Gasteiger partial charge in [-0.25, -0.2) is 0 Å². The van der Waals surface area contributed by atoms with Gasteiger partial charge in [-0.05, 0) is 17.4 Å². The van der Waals surface area contributed by atoms with Crippen molar-refractivity contribution in [2.45, 2.75) is 13.5 Å². The number of carbonyl (C=O) groups excluding carboxylic acids is 1. The van der Waals surface area contributed by atoms with Crippen molar-refractivity contribution in [3.05, 3.63) is 69.7 Å². The van der Waals surface area contributed by atoms with Gasteiger partial charge in [0, 0.05) is 6.20 Å². The number of rotatable bonds is 5. The van der Waals surface area contributed by atoms with Crippen molar-refractivity contribution >= 4 is 17.4 Å². The van der Waals surface area contributed by atoms with E-state index in [1.54, 1.807) is 10.9 Å². The average molecular weight is 326 g/mol. The van der Waals surface area contributed by atoms with Crippen molar-refractivity contribution < 1.29 is 9.72 Å². The van der Waals surface area contributed by atoms with E-state index >= 15 is 0 Å². The van der Waals surface area contributed by atoms with Crippen LogP contribution in [0.5, 0.6) is 0 Å². The molecular weight excluding hydrogens is 312 g/mol. The lowest BCUT2D eigenvalue weighted by atomic mass is 10.1. The number of hydrogen-bond donors (Lipinski definition) is 2. The van der Waals surface area contributed by atoms with Crippen molar-refractivity contribution in [3.8, 4) is 0 Å². The number of aromatic amines is 1. The Morgan fingerprint density at radius 3 is 2.96 bits per heavy atom. The highest BCUT2D eigenvalue weighted by Gasteiger charge is 2.17. The van der Waals surface area contributed by atoms with Gasteiger partial charge < -0.3 is 15.4 Å². The van der Waals surface area contributed by atoms with Crippen molar-refractivity contribution in [2.24, 2.45) is 0 Å². The number of hydrogen-bond acceptors (Lipinski definition) is 5. The zero-order valence-electron chi connectivity index (χ0n) is 12.8. The first-order valence-corrected chi connectivity index (χ1v) is 7.10. The Morgan fingerprint density at radius 1 is 1.42 bits per heavy atom. The molecule has 0 bridgehead atoms. The summed E-state index contributed by atoms with van der Waals surface area (Å²) in [6.45, 7) is 2.59. The highest BCUT2D eigenvalue weighted by Crippen LogP contribution is 2.12. The Balaban J connectivity index is 1.67. The molecule has 0 aliphatic heterocycles. The van der Waals surface area contributed by atoms with E-state index in [0.29, 0.717) is 12.2 Å². The van der Waals surface area contributed by atoms with Gasteiger partial charge in [-0.2, -0.15) is 5.10 Å². The first-order chi connectivity index (χ1) is 11.5. The number of H-pyrrole nitrogens is 1. The maximum atomic E-state index is 12.0. The molecule has 0 atom stereocenters. The topological polar surface area (TPSA) is 119 Å². The van der Waals surface area contributed by atoms with E-state index in [2.05, 4.69) is 26.7 Å². The maximum absolute atomic E-state index is 12.0. The third-order valence-corrected chi connectivity index (χ3v) is 3.31. The van der Waals surface area contributed by atoms with Gasteiger partial charge in [0.25, 0.3) is 5.91 Å². The average Bonchev–Trinajstić information content (AvgIpc) is 3.17. The quantitative estimate of drug-likeness (QED) is 0.550. The number of nitrogens with zero attached hydrogens (tertiary/aromatic N) is 4. The number of nitrogens with one attached hydrogen (secondary N) is 2. The van der Waals surface area contributed by atoms with Crippen molar-refractivity contribution in [1.29, 1.82) is 0 Å². The van der Waals surface area contributed by atoms with Gasteiger partial charge >= 0.3 is 5.82 Å². The molecule has 0 spiro atoms. The molecule has 3 aromatic rings. The third-order valence-electron chi connectivity index (χ3n) is 3.31. The molecule has 0 unspecified atom stereocenters. The molecule has 0 aliphatic rings. The number of aryl methyl sites for hydroxylation is 1. The fraction of sp³-hybridized carbons (Fsp3) is 0.133. The Bertz CT molecular complexity index is 898. The zero-order chi connectivity index (χ0) is 17.1. The summed E-state index contributed by atoms with van der Waals surface area (Å²) in [7, 11) is 0. The first-order valence-electron chi connectivity index (χ1n) is 7.10. The Labute approximate surface area is 136 Å². The van der Waals surface area contributed by atoms with Gasteiger partial charge in [0.2, 0.25) is 0 Å². The fourth-order valence-electron chi connectivity index (χ4n) is 2.23. The molecule has 1 aromatic carbocycles. The van der Waals surface area contributed by atoms with E-state index in [0.717, 1.165) is 17.2 Å². The monoisotopic (exact) mass is 326 g/mol. The second-order valence-electron chi connectivity index (χ2n) is 5.27. The van der Waals surface area contributed by atoms with Crippen LogP contribution in [0.3, 0.4) is 0 Å². The first kappa shape index (κ1) is 15.4. The lowest BCUT2D eigenvalue weighted by molar-refractivity contribution is -0.389. The molecule has 1 amide bonds. The van der Waals surface area contributed by atoms with Gasteiger partial charge in [0.15, 0.2) is 5.69 Å². The molecule has 122 valence electrons. The highest BCUT2D eigenvalue weighted by molar-refractivity contribution is 6.02. The lowest BCUT2D eigenvalue weighted by Crippen LogP contribution is -2.11. The van der Waals surface area contributed by atoms with Crippen LogP contribution in [-0.4, -0.2) is 30.8 Å². The highest BCUT2D eigenvalue weighted by atomic mass is 16.6. The van der Waals surface area contributed by atoms with Crippen LogP contribution in [0.15, 0.2) is 42.7 Å². The predicted molar refractivity (Wildman–Crippen MR) is 85.7 cm³/mol. The zero-order valence-corrected chi connectivity index (χ0v) is 12.8. The molecule has 9 heteroatoms. The standard InChI is InChI=1S/C15H14N6O3/c1-10-3-2-4-11(5-10)8-20-9-12(7-16-20)17-15(22)13-6-14(19-18-13)21(23)24/h2-7,9H,8H2,1H3,(H,17,22)(H,18,19). The van der Waals surface area contributed by atoms with Crippen LogP contribution in [0.2, 0.25) is 0 Å². The summed E-state index contributed by atoms with van der Waals surface area (Å²) in [4.78, 5) is 21.9. The second-order valence-corrected chi connectivity index (χ2v) is 5.27. The smallest absolute Gasteiger partial charge is 0.343 e. The largest absolute Gasteiger partial charge is 0.358 e. The molecule has 2 aromatic heterocycles. The molecule has 0 saturated heterocycles. The molecule has 0 saturated carbocycles. The summed E-state index contributed by atoms with van der Waals surface area (Å²) in [5.74, 6) is -0.884. The van der Waals surface area contributed by atoms with Gasteiger partial charge in [-0.3, -0.25) is 9.48 Å². The normalized spacial score (nSPS) is 10.5. The molecule has 9 nitrogen and oxygen atoms in total. The predicted octanol–water partition coefficient (Wildman–Crippen LogP) is 2.12. The maximum Gasteiger partial charge on any atom is 0.343 e. The number of anilines is 1. The van der Waals surface area contributed by atoms with Crippen LogP contribution in [0.1, 0.15) is 21.6 Å². The second kappa shape index (κ2) is 6.32. The van der Waals surface area contributed by atoms with Crippen LogP contribution in [0.4, 0.5) is 11.5 Å². The molecular formula is C15H14N6O3. The minimum Gasteiger partial charge on any atom is -0.358 e. The molecule has 24 heavy (non-hydrogen) atoms. The minimum absolute atomic E-state index is 0.0619. The van der Waals surface area contributed by atoms with E-state index in [1.807, 2.05) is 25.1 Å². The van der Waals surface area contributed by atoms with Crippen LogP contribution >= 0.6 is 0 Å². The van der Waals surface area contributed by atoms with Crippen LogP contribution in [0, 0.1) is 17.0 Å². The van der Waals surface area contributed by atoms with E-state index in [4.69, 9.17) is 0 Å². The van der Waals surface area contributed by atoms with Crippen LogP contribution < -0.4 is 5.32 Å². The summed E-state index contributed by atoms with van der Waals surface area (Å²) in [6.07, 6.45) is 3.19. The van der Waals surface area contributed by atoms with E-state index in [1.165, 1.54) is 6.20 Å². The summed E-state index contributed by atoms with van der Waals surface area (Å²) in [6, 6.07) is 9.12. The minimum atomic E-state index is -0.649. The summed E-state index contributed by atoms with van der Waals surface area (Å²) in [5.41, 5.74) is 2.68.